The number of ether oxygens (including phenoxy) is 1. The fourth-order valence-corrected chi connectivity index (χ4v) is 3.62. The molecule has 1 aliphatic carbocycles. The number of rotatable bonds is 5. The summed E-state index contributed by atoms with van der Waals surface area (Å²) in [6.45, 7) is 4.50. The van der Waals surface area contributed by atoms with Crippen molar-refractivity contribution in [1.29, 1.82) is 0 Å². The lowest BCUT2D eigenvalue weighted by Gasteiger charge is -2.24. The first-order valence-corrected chi connectivity index (χ1v) is 8.57. The van der Waals surface area contributed by atoms with Gasteiger partial charge in [-0.05, 0) is 33.2 Å². The molecule has 3 unspecified atom stereocenters. The summed E-state index contributed by atoms with van der Waals surface area (Å²) in [5, 5.41) is 4.09. The van der Waals surface area contributed by atoms with Gasteiger partial charge in [0, 0.05) is 31.5 Å². The number of likely N-dealkylation sites (tertiary alicyclic amines) is 1. The number of cyclic esters (lactones) is 1. The van der Waals surface area contributed by atoms with Gasteiger partial charge < -0.3 is 9.26 Å². The molecule has 7 heteroatoms. The van der Waals surface area contributed by atoms with Crippen LogP contribution in [0.4, 0.5) is 0 Å². The molecule has 7 nitrogen and oxygen atoms in total. The molecule has 1 aromatic rings. The summed E-state index contributed by atoms with van der Waals surface area (Å²) in [6, 6.07) is 0.358. The molecule has 0 radical (unpaired) electrons. The molecule has 3 atom stereocenters. The van der Waals surface area contributed by atoms with E-state index in [9.17, 15) is 4.79 Å². The van der Waals surface area contributed by atoms with E-state index >= 15 is 0 Å². The standard InChI is InChI=1S/C16H24N4O3/c1-10-7-13(16(21)22-10)20-6-5-12(8-20)19(2)9-14-17-15(23-18-14)11-3-4-11/h10-13H,3-9H2,1-2H3. The van der Waals surface area contributed by atoms with Gasteiger partial charge >= 0.3 is 5.97 Å². The minimum Gasteiger partial charge on any atom is -0.461 e. The van der Waals surface area contributed by atoms with Crippen molar-refractivity contribution in [2.75, 3.05) is 20.1 Å². The highest BCUT2D eigenvalue weighted by molar-refractivity contribution is 5.78. The van der Waals surface area contributed by atoms with E-state index < -0.39 is 0 Å². The van der Waals surface area contributed by atoms with Crippen LogP contribution in [0.3, 0.4) is 0 Å². The molecule has 1 saturated carbocycles. The van der Waals surface area contributed by atoms with Crippen molar-refractivity contribution in [3.63, 3.8) is 0 Å². The van der Waals surface area contributed by atoms with Crippen LogP contribution < -0.4 is 0 Å². The van der Waals surface area contributed by atoms with Gasteiger partial charge in [-0.25, -0.2) is 0 Å². The van der Waals surface area contributed by atoms with Crippen LogP contribution in [0.25, 0.3) is 0 Å². The summed E-state index contributed by atoms with van der Waals surface area (Å²) in [5.41, 5.74) is 0. The minimum absolute atomic E-state index is 0.0458. The largest absolute Gasteiger partial charge is 0.461 e. The van der Waals surface area contributed by atoms with E-state index in [1.807, 2.05) is 6.92 Å². The molecule has 3 fully saturated rings. The van der Waals surface area contributed by atoms with Gasteiger partial charge in [-0.15, -0.1) is 0 Å². The highest BCUT2D eigenvalue weighted by Gasteiger charge is 2.40. The maximum atomic E-state index is 11.9. The van der Waals surface area contributed by atoms with Gasteiger partial charge in [-0.1, -0.05) is 5.16 Å². The molecule has 4 rings (SSSR count). The normalized spacial score (nSPS) is 32.0. The van der Waals surface area contributed by atoms with Crippen LogP contribution in [0.2, 0.25) is 0 Å². The van der Waals surface area contributed by atoms with Crippen LogP contribution >= 0.6 is 0 Å². The Hall–Kier alpha value is -1.47. The summed E-state index contributed by atoms with van der Waals surface area (Å²) in [6.07, 6.45) is 4.26. The lowest BCUT2D eigenvalue weighted by Crippen LogP contribution is -2.40. The average molecular weight is 320 g/mol. The highest BCUT2D eigenvalue weighted by atomic mass is 16.6. The van der Waals surface area contributed by atoms with Gasteiger partial charge in [0.15, 0.2) is 5.82 Å². The first kappa shape index (κ1) is 15.1. The molecule has 0 spiro atoms. The Morgan fingerprint density at radius 3 is 2.87 bits per heavy atom. The van der Waals surface area contributed by atoms with E-state index in [1.54, 1.807) is 0 Å². The molecule has 0 bridgehead atoms. The molecule has 126 valence electrons. The second-order valence-electron chi connectivity index (χ2n) is 7.17. The number of carbonyl (C=O) groups is 1. The molecule has 23 heavy (non-hydrogen) atoms. The number of hydrogen-bond donors (Lipinski definition) is 0. The topological polar surface area (TPSA) is 71.7 Å². The molecular weight excluding hydrogens is 296 g/mol. The Morgan fingerprint density at radius 2 is 2.17 bits per heavy atom. The van der Waals surface area contributed by atoms with Crippen molar-refractivity contribution >= 4 is 5.97 Å². The molecule has 2 aliphatic heterocycles. The highest BCUT2D eigenvalue weighted by Crippen LogP contribution is 2.38. The van der Waals surface area contributed by atoms with Gasteiger partial charge in [-0.3, -0.25) is 14.6 Å². The van der Waals surface area contributed by atoms with Crippen molar-refractivity contribution in [3.05, 3.63) is 11.7 Å². The fourth-order valence-electron chi connectivity index (χ4n) is 3.62. The number of esters is 1. The lowest BCUT2D eigenvalue weighted by molar-refractivity contribution is -0.144. The van der Waals surface area contributed by atoms with Crippen LogP contribution in [-0.2, 0) is 16.1 Å². The number of aromatic nitrogens is 2. The van der Waals surface area contributed by atoms with Crippen molar-refractivity contribution in [2.45, 2.75) is 63.3 Å². The summed E-state index contributed by atoms with van der Waals surface area (Å²) in [7, 11) is 2.09. The lowest BCUT2D eigenvalue weighted by atomic mass is 10.1. The van der Waals surface area contributed by atoms with Crippen LogP contribution in [0.5, 0.6) is 0 Å². The zero-order chi connectivity index (χ0) is 16.0. The Bertz CT molecular complexity index is 586. The minimum atomic E-state index is -0.0620. The molecular formula is C16H24N4O3. The van der Waals surface area contributed by atoms with Crippen LogP contribution in [-0.4, -0.2) is 64.2 Å². The van der Waals surface area contributed by atoms with E-state index in [2.05, 4.69) is 27.0 Å². The second-order valence-corrected chi connectivity index (χ2v) is 7.17. The average Bonchev–Trinajstić information content (AvgIpc) is 2.94. The molecule has 0 amide bonds. The van der Waals surface area contributed by atoms with E-state index in [0.717, 1.165) is 37.6 Å². The van der Waals surface area contributed by atoms with E-state index in [-0.39, 0.29) is 18.1 Å². The molecule has 1 aromatic heterocycles. The first-order valence-electron chi connectivity index (χ1n) is 8.57. The van der Waals surface area contributed by atoms with Crippen LogP contribution in [0, 0.1) is 0 Å². The van der Waals surface area contributed by atoms with Crippen molar-refractivity contribution in [3.8, 4) is 0 Å². The van der Waals surface area contributed by atoms with E-state index in [4.69, 9.17) is 9.26 Å². The number of carbonyl (C=O) groups excluding carboxylic acids is 1. The Balaban J connectivity index is 1.32. The van der Waals surface area contributed by atoms with Gasteiger partial charge in [0.05, 0.1) is 6.54 Å². The van der Waals surface area contributed by atoms with Gasteiger partial charge in [0.1, 0.15) is 12.1 Å². The molecule has 0 N–H and O–H groups in total. The molecule has 3 heterocycles. The SMILES string of the molecule is CC1CC(N2CCC(N(C)Cc3noc(C4CC4)n3)C2)C(=O)O1. The third-order valence-corrected chi connectivity index (χ3v) is 5.20. The molecule has 3 aliphatic rings. The Kier molecular flexibility index (Phi) is 3.85. The number of likely N-dealkylation sites (N-methyl/N-ethyl adjacent to an activating group) is 1. The third kappa shape index (κ3) is 3.12. The van der Waals surface area contributed by atoms with Gasteiger partial charge in [0.2, 0.25) is 5.89 Å². The van der Waals surface area contributed by atoms with Crippen molar-refractivity contribution in [2.24, 2.45) is 0 Å². The monoisotopic (exact) mass is 320 g/mol. The molecule has 0 aromatic carbocycles. The van der Waals surface area contributed by atoms with Crippen LogP contribution in [0.15, 0.2) is 4.52 Å². The Morgan fingerprint density at radius 1 is 1.35 bits per heavy atom. The van der Waals surface area contributed by atoms with Gasteiger partial charge in [-0.2, -0.15) is 4.98 Å². The quantitative estimate of drug-likeness (QED) is 0.754. The fraction of sp³-hybridized carbons (Fsp3) is 0.812. The summed E-state index contributed by atoms with van der Waals surface area (Å²) in [4.78, 5) is 20.9. The maximum absolute atomic E-state index is 11.9. The summed E-state index contributed by atoms with van der Waals surface area (Å²) >= 11 is 0. The third-order valence-electron chi connectivity index (χ3n) is 5.20. The Labute approximate surface area is 136 Å². The zero-order valence-electron chi connectivity index (χ0n) is 13.8. The number of nitrogens with zero attached hydrogens (tertiary/aromatic N) is 4. The summed E-state index contributed by atoms with van der Waals surface area (Å²) < 4.78 is 10.6. The van der Waals surface area contributed by atoms with E-state index in [1.165, 1.54) is 12.8 Å². The van der Waals surface area contributed by atoms with Crippen LogP contribution in [0.1, 0.15) is 50.2 Å². The maximum Gasteiger partial charge on any atom is 0.323 e. The summed E-state index contributed by atoms with van der Waals surface area (Å²) in [5.74, 6) is 2.00. The predicted molar refractivity (Wildman–Crippen MR) is 81.7 cm³/mol. The second kappa shape index (κ2) is 5.87. The molecule has 2 saturated heterocycles. The van der Waals surface area contributed by atoms with Crippen molar-refractivity contribution in [1.82, 2.24) is 19.9 Å². The van der Waals surface area contributed by atoms with Crippen molar-refractivity contribution < 1.29 is 14.1 Å². The first-order chi connectivity index (χ1) is 11.1. The smallest absolute Gasteiger partial charge is 0.323 e. The van der Waals surface area contributed by atoms with E-state index in [0.29, 0.717) is 18.5 Å². The predicted octanol–water partition coefficient (Wildman–Crippen LogP) is 1.16. The van der Waals surface area contributed by atoms with Gasteiger partial charge in [0.25, 0.3) is 0 Å². The zero-order valence-corrected chi connectivity index (χ0v) is 13.8. The number of hydrogen-bond acceptors (Lipinski definition) is 7.